The number of methoxy groups -OCH3 is 1. The molecule has 1 aliphatic heterocycles. The van der Waals surface area contributed by atoms with Crippen molar-refractivity contribution in [2.75, 3.05) is 40.8 Å². The van der Waals surface area contributed by atoms with Gasteiger partial charge in [0.1, 0.15) is 11.6 Å². The first kappa shape index (κ1) is 19.7. The number of piperidine rings is 1. The Kier molecular flexibility index (Phi) is 7.72. The fourth-order valence-corrected chi connectivity index (χ4v) is 3.10. The van der Waals surface area contributed by atoms with Gasteiger partial charge in [-0.15, -0.1) is 0 Å². The predicted octanol–water partition coefficient (Wildman–Crippen LogP) is 3.35. The van der Waals surface area contributed by atoms with E-state index in [0.717, 1.165) is 48.8 Å². The van der Waals surface area contributed by atoms with Crippen molar-refractivity contribution in [3.8, 4) is 0 Å². The van der Waals surface area contributed by atoms with E-state index in [9.17, 15) is 0 Å². The molecule has 5 nitrogen and oxygen atoms in total. The molecule has 25 heavy (non-hydrogen) atoms. The molecule has 0 amide bonds. The molecule has 0 aromatic carbocycles. The van der Waals surface area contributed by atoms with E-state index in [0.29, 0.717) is 5.92 Å². The average Bonchev–Trinajstić information content (AvgIpc) is 2.81. The van der Waals surface area contributed by atoms with Gasteiger partial charge >= 0.3 is 0 Å². The minimum absolute atomic E-state index is 0.244. The molecular weight excluding hydrogens is 336 g/mol. The lowest BCUT2D eigenvalue weighted by molar-refractivity contribution is 0.220. The summed E-state index contributed by atoms with van der Waals surface area (Å²) in [6.45, 7) is 5.24. The van der Waals surface area contributed by atoms with Gasteiger partial charge in [-0.2, -0.15) is 0 Å². The van der Waals surface area contributed by atoms with Gasteiger partial charge in [-0.1, -0.05) is 12.2 Å². The van der Waals surface area contributed by atoms with Gasteiger partial charge in [0.05, 0.1) is 7.11 Å². The summed E-state index contributed by atoms with van der Waals surface area (Å²) in [5, 5.41) is 3.74. The summed E-state index contributed by atoms with van der Waals surface area (Å²) >= 11 is 6.08. The Hall–Kier alpha value is -1.59. The van der Waals surface area contributed by atoms with Crippen LogP contribution in [0.15, 0.2) is 45.1 Å². The third-order valence-corrected chi connectivity index (χ3v) is 4.97. The molecule has 0 spiro atoms. The average molecular weight is 365 g/mol. The van der Waals surface area contributed by atoms with Crippen molar-refractivity contribution in [2.45, 2.75) is 26.2 Å². The highest BCUT2D eigenvalue weighted by atomic mass is 35.5. The zero-order valence-electron chi connectivity index (χ0n) is 15.7. The molecule has 1 heterocycles. The van der Waals surface area contributed by atoms with Gasteiger partial charge in [-0.05, 0) is 75.5 Å². The summed E-state index contributed by atoms with van der Waals surface area (Å²) in [4.78, 5) is 10.8. The van der Waals surface area contributed by atoms with Crippen LogP contribution in [0, 0.1) is 5.92 Å². The second-order valence-electron chi connectivity index (χ2n) is 6.58. The van der Waals surface area contributed by atoms with Crippen molar-refractivity contribution in [3.05, 3.63) is 35.1 Å². The number of ether oxygens (including phenoxy) is 1. The third-order valence-electron chi connectivity index (χ3n) is 4.72. The number of nitrogens with one attached hydrogen (secondary N) is 1. The highest BCUT2D eigenvalue weighted by Gasteiger charge is 2.18. The molecule has 2 aliphatic rings. The lowest BCUT2D eigenvalue weighted by Crippen LogP contribution is -2.37. The summed E-state index contributed by atoms with van der Waals surface area (Å²) in [7, 11) is 5.51. The van der Waals surface area contributed by atoms with Gasteiger partial charge in [0.2, 0.25) is 5.29 Å². The van der Waals surface area contributed by atoms with Gasteiger partial charge in [0.25, 0.3) is 0 Å². The summed E-state index contributed by atoms with van der Waals surface area (Å²) in [6, 6.07) is 0. The molecule has 1 aliphatic carbocycles. The molecule has 0 radical (unpaired) electrons. The topological polar surface area (TPSA) is 49.2 Å². The van der Waals surface area contributed by atoms with Crippen molar-refractivity contribution in [3.63, 3.8) is 0 Å². The van der Waals surface area contributed by atoms with Crippen LogP contribution in [-0.2, 0) is 4.74 Å². The van der Waals surface area contributed by atoms with Crippen LogP contribution in [0.5, 0.6) is 0 Å². The molecule has 0 aromatic heterocycles. The largest absolute Gasteiger partial charge is 0.496 e. The molecule has 0 saturated carbocycles. The number of aliphatic imine (C=N–C) groups is 2. The number of nitrogens with zero attached hydrogens (tertiary/aromatic N) is 3. The van der Waals surface area contributed by atoms with Gasteiger partial charge in [-0.25, -0.2) is 4.99 Å². The van der Waals surface area contributed by atoms with Crippen LogP contribution < -0.4 is 5.32 Å². The zero-order valence-corrected chi connectivity index (χ0v) is 16.4. The van der Waals surface area contributed by atoms with E-state index >= 15 is 0 Å². The quantitative estimate of drug-likeness (QED) is 0.473. The summed E-state index contributed by atoms with van der Waals surface area (Å²) in [6.07, 6.45) is 9.53. The first-order valence-corrected chi connectivity index (χ1v) is 9.18. The maximum Gasteiger partial charge on any atom is 0.219 e. The number of likely N-dealkylation sites (tertiary alicyclic amines) is 1. The Morgan fingerprint density at radius 2 is 2.08 bits per heavy atom. The molecule has 0 bridgehead atoms. The van der Waals surface area contributed by atoms with Crippen molar-refractivity contribution in [1.82, 2.24) is 10.2 Å². The van der Waals surface area contributed by atoms with E-state index in [1.165, 1.54) is 12.8 Å². The summed E-state index contributed by atoms with van der Waals surface area (Å²) in [5.41, 5.74) is 2.11. The van der Waals surface area contributed by atoms with Crippen LogP contribution >= 0.6 is 11.6 Å². The lowest BCUT2D eigenvalue weighted by Gasteiger charge is -2.29. The Balaban J connectivity index is 2.15. The van der Waals surface area contributed by atoms with Crippen LogP contribution in [0.1, 0.15) is 26.2 Å². The van der Waals surface area contributed by atoms with Gasteiger partial charge in [-0.3, -0.25) is 4.99 Å². The van der Waals surface area contributed by atoms with E-state index in [2.05, 4.69) is 46.3 Å². The minimum Gasteiger partial charge on any atom is -0.496 e. The fourth-order valence-electron chi connectivity index (χ4n) is 3.02. The fraction of sp³-hybridized carbons (Fsp3) is 0.579. The van der Waals surface area contributed by atoms with Crippen molar-refractivity contribution in [1.29, 1.82) is 0 Å². The summed E-state index contributed by atoms with van der Waals surface area (Å²) in [5.74, 6) is 2.25. The number of halogens is 1. The van der Waals surface area contributed by atoms with Crippen LogP contribution in [-0.4, -0.2) is 56.9 Å². The highest BCUT2D eigenvalue weighted by Crippen LogP contribution is 2.20. The van der Waals surface area contributed by atoms with E-state index < -0.39 is 0 Å². The number of hydrogen-bond donors (Lipinski definition) is 1. The third kappa shape index (κ3) is 6.01. The van der Waals surface area contributed by atoms with E-state index in [-0.39, 0.29) is 5.29 Å². The molecule has 2 rings (SSSR count). The van der Waals surface area contributed by atoms with Gasteiger partial charge in [0, 0.05) is 19.2 Å². The summed E-state index contributed by atoms with van der Waals surface area (Å²) < 4.78 is 5.50. The van der Waals surface area contributed by atoms with Gasteiger partial charge < -0.3 is 15.0 Å². The van der Waals surface area contributed by atoms with Crippen LogP contribution in [0.2, 0.25) is 0 Å². The maximum absolute atomic E-state index is 6.08. The molecule has 1 saturated heterocycles. The maximum atomic E-state index is 6.08. The van der Waals surface area contributed by atoms with E-state index in [1.54, 1.807) is 14.2 Å². The number of amidine groups is 2. The molecule has 0 unspecified atom stereocenters. The Labute approximate surface area is 156 Å². The minimum atomic E-state index is 0.244. The van der Waals surface area contributed by atoms with Crippen molar-refractivity contribution < 1.29 is 4.74 Å². The lowest BCUT2D eigenvalue weighted by atomic mass is 9.97. The molecule has 138 valence electrons. The molecule has 0 atom stereocenters. The highest BCUT2D eigenvalue weighted by molar-refractivity contribution is 6.65. The van der Waals surface area contributed by atoms with Crippen molar-refractivity contribution >= 4 is 22.7 Å². The van der Waals surface area contributed by atoms with Crippen molar-refractivity contribution in [2.24, 2.45) is 15.9 Å². The SMILES string of the molecule is C/N=C(Cl)\N=C(\NCC1CCN(C)CC1)C1=CCC=C(C)C(OC)=C1. The number of hydrogen-bond acceptors (Lipinski definition) is 3. The van der Waals surface area contributed by atoms with Crippen LogP contribution in [0.3, 0.4) is 0 Å². The molecular formula is C19H29ClN4O. The van der Waals surface area contributed by atoms with Gasteiger partial charge in [0.15, 0.2) is 0 Å². The zero-order chi connectivity index (χ0) is 18.2. The first-order valence-electron chi connectivity index (χ1n) is 8.80. The molecule has 1 N–H and O–H groups in total. The standard InChI is InChI=1S/C19H29ClN4O/c1-14-6-5-7-16(12-17(14)25-4)18(23-19(20)21-2)22-13-15-8-10-24(3)11-9-15/h6-7,12,15H,5,8-11,13H2,1-4H3,(H,21,22,23). The first-order chi connectivity index (χ1) is 12.0. The van der Waals surface area contributed by atoms with Crippen LogP contribution in [0.25, 0.3) is 0 Å². The Bertz CT molecular complexity index is 611. The second-order valence-corrected chi connectivity index (χ2v) is 6.91. The molecule has 1 fully saturated rings. The van der Waals surface area contributed by atoms with Crippen LogP contribution in [0.4, 0.5) is 0 Å². The molecule has 0 aromatic rings. The van der Waals surface area contributed by atoms with E-state index in [1.807, 2.05) is 6.08 Å². The van der Waals surface area contributed by atoms with E-state index in [4.69, 9.17) is 16.3 Å². The Morgan fingerprint density at radius 3 is 2.72 bits per heavy atom. The smallest absolute Gasteiger partial charge is 0.219 e. The second kappa shape index (κ2) is 9.78. The predicted molar refractivity (Wildman–Crippen MR) is 106 cm³/mol. The monoisotopic (exact) mass is 364 g/mol. The molecule has 6 heteroatoms. The Morgan fingerprint density at radius 1 is 1.36 bits per heavy atom. The number of rotatable bonds is 4. The number of allylic oxidation sites excluding steroid dienone is 3. The normalized spacial score (nSPS) is 21.2.